The molecule has 1 aromatic rings. The molecule has 2 aliphatic heterocycles. The van der Waals surface area contributed by atoms with Gasteiger partial charge in [0.15, 0.2) is 5.25 Å². The van der Waals surface area contributed by atoms with E-state index in [9.17, 15) is 14.4 Å². The number of fused-ring (bicyclic) bond motifs is 1. The predicted octanol–water partition coefficient (Wildman–Crippen LogP) is 3.35. The van der Waals surface area contributed by atoms with E-state index in [-0.39, 0.29) is 30.3 Å². The van der Waals surface area contributed by atoms with Gasteiger partial charge in [0.2, 0.25) is 11.8 Å². The quantitative estimate of drug-likeness (QED) is 0.746. The summed E-state index contributed by atoms with van der Waals surface area (Å²) in [5, 5.41) is 2.29. The van der Waals surface area contributed by atoms with Gasteiger partial charge in [-0.15, -0.1) is 11.8 Å². The van der Waals surface area contributed by atoms with Crippen molar-refractivity contribution >= 4 is 35.2 Å². The summed E-state index contributed by atoms with van der Waals surface area (Å²) in [5.41, 5.74) is 0.728. The molecule has 3 aliphatic rings. The van der Waals surface area contributed by atoms with E-state index < -0.39 is 5.25 Å². The zero-order chi connectivity index (χ0) is 20.9. The Morgan fingerprint density at radius 1 is 0.967 bits per heavy atom. The van der Waals surface area contributed by atoms with Gasteiger partial charge < -0.3 is 15.1 Å². The van der Waals surface area contributed by atoms with Gasteiger partial charge in [-0.05, 0) is 37.8 Å². The number of carbonyl (C=O) groups excluding carboxylic acids is 3. The smallest absolute Gasteiger partial charge is 0.250 e. The Labute approximate surface area is 182 Å². The Balaban J connectivity index is 1.50. The van der Waals surface area contributed by atoms with E-state index in [0.29, 0.717) is 13.1 Å². The van der Waals surface area contributed by atoms with Crippen molar-refractivity contribution in [2.24, 2.45) is 0 Å². The van der Waals surface area contributed by atoms with Crippen LogP contribution in [-0.4, -0.2) is 53.5 Å². The second-order valence-electron chi connectivity index (χ2n) is 8.53. The molecule has 1 aliphatic carbocycles. The number of amides is 3. The molecule has 2 fully saturated rings. The minimum absolute atomic E-state index is 0.0311. The third-order valence-corrected chi connectivity index (χ3v) is 7.54. The zero-order valence-corrected chi connectivity index (χ0v) is 18.3. The van der Waals surface area contributed by atoms with Crippen molar-refractivity contribution in [1.82, 2.24) is 10.2 Å². The van der Waals surface area contributed by atoms with E-state index in [1.165, 1.54) is 23.1 Å². The Morgan fingerprint density at radius 3 is 2.37 bits per heavy atom. The molecule has 6 nitrogen and oxygen atoms in total. The minimum Gasteiger partial charge on any atom is -0.352 e. The van der Waals surface area contributed by atoms with Gasteiger partial charge in [0.1, 0.15) is 6.54 Å². The molecule has 7 heteroatoms. The molecule has 0 radical (unpaired) electrons. The highest BCUT2D eigenvalue weighted by Crippen LogP contribution is 2.39. The first kappa shape index (κ1) is 21.2. The number of nitrogens with zero attached hydrogens (tertiary/aromatic N) is 2. The lowest BCUT2D eigenvalue weighted by molar-refractivity contribution is -0.135. The van der Waals surface area contributed by atoms with Crippen LogP contribution >= 0.6 is 11.8 Å². The van der Waals surface area contributed by atoms with Crippen LogP contribution in [-0.2, 0) is 14.4 Å². The summed E-state index contributed by atoms with van der Waals surface area (Å²) in [6.45, 7) is 1.40. The van der Waals surface area contributed by atoms with Crippen LogP contribution in [0, 0.1) is 0 Å². The molecule has 1 unspecified atom stereocenters. The molecule has 1 aromatic carbocycles. The number of benzene rings is 1. The lowest BCUT2D eigenvalue weighted by atomic mass is 9.95. The lowest BCUT2D eigenvalue weighted by Crippen LogP contribution is -2.53. The van der Waals surface area contributed by atoms with Crippen LogP contribution in [0.3, 0.4) is 0 Å². The van der Waals surface area contributed by atoms with Crippen LogP contribution in [0.1, 0.15) is 57.8 Å². The Bertz CT molecular complexity index is 786. The van der Waals surface area contributed by atoms with Crippen molar-refractivity contribution in [1.29, 1.82) is 0 Å². The lowest BCUT2D eigenvalue weighted by Gasteiger charge is -2.35. The summed E-state index contributed by atoms with van der Waals surface area (Å²) in [4.78, 5) is 43.6. The predicted molar refractivity (Wildman–Crippen MR) is 119 cm³/mol. The van der Waals surface area contributed by atoms with Crippen LogP contribution in [0.5, 0.6) is 0 Å². The van der Waals surface area contributed by atoms with Crippen LogP contribution < -0.4 is 10.2 Å². The summed E-state index contributed by atoms with van der Waals surface area (Å²) >= 11 is 1.33. The fourth-order valence-electron chi connectivity index (χ4n) is 4.66. The van der Waals surface area contributed by atoms with E-state index in [0.717, 1.165) is 61.9 Å². The molecule has 0 bridgehead atoms. The van der Waals surface area contributed by atoms with E-state index in [2.05, 4.69) is 5.32 Å². The average molecular weight is 430 g/mol. The number of para-hydroxylation sites is 1. The fraction of sp³-hybridized carbons (Fsp3) is 0.609. The first-order chi connectivity index (χ1) is 14.6. The van der Waals surface area contributed by atoms with E-state index in [4.69, 9.17) is 0 Å². The number of thioether (sulfide) groups is 1. The second-order valence-corrected chi connectivity index (χ2v) is 9.68. The first-order valence-electron chi connectivity index (χ1n) is 11.3. The third-order valence-electron chi connectivity index (χ3n) is 6.31. The largest absolute Gasteiger partial charge is 0.352 e. The van der Waals surface area contributed by atoms with Gasteiger partial charge in [-0.25, -0.2) is 0 Å². The number of likely N-dealkylation sites (tertiary alicyclic amines) is 1. The second kappa shape index (κ2) is 9.86. The zero-order valence-electron chi connectivity index (χ0n) is 17.5. The van der Waals surface area contributed by atoms with E-state index in [1.54, 1.807) is 0 Å². The van der Waals surface area contributed by atoms with Gasteiger partial charge in [-0.3, -0.25) is 14.4 Å². The molecule has 1 N–H and O–H groups in total. The fourth-order valence-corrected chi connectivity index (χ4v) is 5.85. The molecule has 1 atom stereocenters. The molecular formula is C23H31N3O3S. The summed E-state index contributed by atoms with van der Waals surface area (Å²) in [6.07, 6.45) is 9.74. The van der Waals surface area contributed by atoms with Crippen LogP contribution in [0.15, 0.2) is 29.2 Å². The molecule has 0 spiro atoms. The molecule has 162 valence electrons. The number of nitrogens with one attached hydrogen (secondary N) is 1. The van der Waals surface area contributed by atoms with Crippen LogP contribution in [0.2, 0.25) is 0 Å². The molecule has 2 heterocycles. The highest BCUT2D eigenvalue weighted by atomic mass is 32.2. The van der Waals surface area contributed by atoms with Crippen LogP contribution in [0.4, 0.5) is 5.69 Å². The molecule has 1 saturated heterocycles. The number of rotatable bonds is 4. The number of carbonyl (C=O) groups is 3. The third kappa shape index (κ3) is 4.82. The summed E-state index contributed by atoms with van der Waals surface area (Å²) in [6, 6.07) is 7.78. The maximum Gasteiger partial charge on any atom is 0.250 e. The van der Waals surface area contributed by atoms with Gasteiger partial charge in [0.25, 0.3) is 5.91 Å². The van der Waals surface area contributed by atoms with Crippen molar-refractivity contribution in [3.63, 3.8) is 0 Å². The normalized spacial score (nSPS) is 22.9. The standard InChI is InChI=1S/C23H31N3O3S/c27-20(24-17-10-4-3-5-11-17)16-26-18-12-6-7-13-19(18)30-21(23(26)29)22(28)25-14-8-1-2-9-15-25/h6-7,12-13,17,21H,1-5,8-11,14-16H2,(H,24,27). The van der Waals surface area contributed by atoms with E-state index >= 15 is 0 Å². The Hall–Kier alpha value is -2.02. The number of hydrogen-bond acceptors (Lipinski definition) is 4. The highest BCUT2D eigenvalue weighted by Gasteiger charge is 2.40. The summed E-state index contributed by atoms with van der Waals surface area (Å²) in [7, 11) is 0. The van der Waals surface area contributed by atoms with Crippen molar-refractivity contribution in [2.75, 3.05) is 24.5 Å². The van der Waals surface area contributed by atoms with E-state index in [1.807, 2.05) is 29.2 Å². The monoisotopic (exact) mass is 429 g/mol. The van der Waals surface area contributed by atoms with Crippen molar-refractivity contribution in [3.8, 4) is 0 Å². The van der Waals surface area contributed by atoms with Crippen LogP contribution in [0.25, 0.3) is 0 Å². The van der Waals surface area contributed by atoms with Gasteiger partial charge in [-0.2, -0.15) is 0 Å². The maximum atomic E-state index is 13.4. The average Bonchev–Trinajstić information content (AvgIpc) is 3.05. The highest BCUT2D eigenvalue weighted by molar-refractivity contribution is 8.01. The molecule has 0 aromatic heterocycles. The Kier molecular flexibility index (Phi) is 6.97. The van der Waals surface area contributed by atoms with Crippen molar-refractivity contribution in [2.45, 2.75) is 74.0 Å². The van der Waals surface area contributed by atoms with Gasteiger partial charge >= 0.3 is 0 Å². The SMILES string of the molecule is O=C(CN1C(=O)C(C(=O)N2CCCCCC2)Sc2ccccc21)NC1CCCCC1. The summed E-state index contributed by atoms with van der Waals surface area (Å²) in [5.74, 6) is -0.524. The molecule has 30 heavy (non-hydrogen) atoms. The maximum absolute atomic E-state index is 13.4. The topological polar surface area (TPSA) is 69.7 Å². The molecule has 1 saturated carbocycles. The van der Waals surface area contributed by atoms with Gasteiger partial charge in [0.05, 0.1) is 5.69 Å². The summed E-state index contributed by atoms with van der Waals surface area (Å²) < 4.78 is 0. The molecule has 4 rings (SSSR count). The minimum atomic E-state index is -0.805. The molecule has 3 amide bonds. The Morgan fingerprint density at radius 2 is 1.63 bits per heavy atom. The number of anilines is 1. The van der Waals surface area contributed by atoms with Crippen molar-refractivity contribution in [3.05, 3.63) is 24.3 Å². The first-order valence-corrected chi connectivity index (χ1v) is 12.2. The van der Waals surface area contributed by atoms with Crippen molar-refractivity contribution < 1.29 is 14.4 Å². The van der Waals surface area contributed by atoms with Gasteiger partial charge in [-0.1, -0.05) is 44.2 Å². The number of hydrogen-bond donors (Lipinski definition) is 1. The molecular weight excluding hydrogens is 398 g/mol. The van der Waals surface area contributed by atoms with Gasteiger partial charge in [0, 0.05) is 24.0 Å².